The van der Waals surface area contributed by atoms with Crippen molar-refractivity contribution in [1.82, 2.24) is 15.1 Å². The fourth-order valence-electron chi connectivity index (χ4n) is 3.42. The van der Waals surface area contributed by atoms with Crippen molar-refractivity contribution < 1.29 is 4.39 Å². The number of benzene rings is 2. The van der Waals surface area contributed by atoms with Gasteiger partial charge in [0.25, 0.3) is 0 Å². The zero-order valence-electron chi connectivity index (χ0n) is 15.0. The van der Waals surface area contributed by atoms with E-state index in [-0.39, 0.29) is 5.82 Å². The van der Waals surface area contributed by atoms with E-state index >= 15 is 0 Å². The molecule has 0 spiro atoms. The lowest BCUT2D eigenvalue weighted by Gasteiger charge is -2.22. The molecular weight excluding hydrogens is 363 g/mol. The van der Waals surface area contributed by atoms with Crippen molar-refractivity contribution in [3.63, 3.8) is 0 Å². The topological polar surface area (TPSA) is 41.9 Å². The molecule has 4 rings (SSSR count). The van der Waals surface area contributed by atoms with Crippen LogP contribution in [-0.2, 0) is 6.54 Å². The zero-order chi connectivity index (χ0) is 18.6. The van der Waals surface area contributed by atoms with Gasteiger partial charge >= 0.3 is 0 Å². The second kappa shape index (κ2) is 8.11. The molecule has 1 saturated heterocycles. The number of nitrogens with zero attached hydrogens (tertiary/aromatic N) is 2. The summed E-state index contributed by atoms with van der Waals surface area (Å²) in [6.07, 6.45) is 4.29. The Hall–Kier alpha value is -2.37. The third-order valence-corrected chi connectivity index (χ3v) is 5.36. The normalized spacial score (nSPS) is 15.0. The molecule has 0 bridgehead atoms. The Balaban J connectivity index is 1.42. The molecule has 2 heterocycles. The average Bonchev–Trinajstić information content (AvgIpc) is 3.19. The van der Waals surface area contributed by atoms with Crippen molar-refractivity contribution in [1.29, 1.82) is 0 Å². The third kappa shape index (κ3) is 4.15. The third-order valence-electron chi connectivity index (χ3n) is 5.00. The van der Waals surface area contributed by atoms with Crippen molar-refractivity contribution in [2.45, 2.75) is 25.4 Å². The molecular formula is C21H22ClFN4. The molecule has 27 heavy (non-hydrogen) atoms. The molecule has 0 atom stereocenters. The van der Waals surface area contributed by atoms with Gasteiger partial charge in [-0.15, -0.1) is 0 Å². The van der Waals surface area contributed by atoms with Crippen LogP contribution in [0.25, 0.3) is 11.3 Å². The molecule has 2 aromatic carbocycles. The van der Waals surface area contributed by atoms with Crippen LogP contribution in [0.2, 0.25) is 5.02 Å². The van der Waals surface area contributed by atoms with Crippen LogP contribution < -0.4 is 10.6 Å². The maximum absolute atomic E-state index is 13.9. The summed E-state index contributed by atoms with van der Waals surface area (Å²) < 4.78 is 15.9. The van der Waals surface area contributed by atoms with E-state index in [0.29, 0.717) is 23.2 Å². The van der Waals surface area contributed by atoms with E-state index in [0.717, 1.165) is 42.9 Å². The monoisotopic (exact) mass is 384 g/mol. The molecule has 3 aromatic rings. The highest BCUT2D eigenvalue weighted by Crippen LogP contribution is 2.24. The van der Waals surface area contributed by atoms with Gasteiger partial charge < -0.3 is 10.6 Å². The molecule has 1 aliphatic rings. The first kappa shape index (κ1) is 18.0. The van der Waals surface area contributed by atoms with E-state index in [9.17, 15) is 4.39 Å². The van der Waals surface area contributed by atoms with E-state index in [1.165, 1.54) is 6.07 Å². The summed E-state index contributed by atoms with van der Waals surface area (Å²) in [4.78, 5) is 0. The minimum Gasteiger partial charge on any atom is -0.381 e. The SMILES string of the molecule is Fc1cccc(Cl)c1CNc1ccc(-c2ccn(C3CCNCC3)n2)cc1. The Kier molecular flexibility index (Phi) is 5.41. The van der Waals surface area contributed by atoms with Gasteiger partial charge in [-0.3, -0.25) is 4.68 Å². The zero-order valence-corrected chi connectivity index (χ0v) is 15.7. The van der Waals surface area contributed by atoms with Gasteiger partial charge in [0.15, 0.2) is 0 Å². The van der Waals surface area contributed by atoms with Crippen molar-refractivity contribution in [2.75, 3.05) is 18.4 Å². The van der Waals surface area contributed by atoms with Crippen LogP contribution in [0.1, 0.15) is 24.4 Å². The van der Waals surface area contributed by atoms with Crippen LogP contribution in [0.4, 0.5) is 10.1 Å². The molecule has 1 fully saturated rings. The molecule has 1 aromatic heterocycles. The minimum absolute atomic E-state index is 0.296. The van der Waals surface area contributed by atoms with E-state index in [1.807, 2.05) is 24.3 Å². The predicted octanol–water partition coefficient (Wildman–Crippen LogP) is 4.88. The first-order valence-corrected chi connectivity index (χ1v) is 9.61. The smallest absolute Gasteiger partial charge is 0.129 e. The fourth-order valence-corrected chi connectivity index (χ4v) is 3.65. The highest BCUT2D eigenvalue weighted by Gasteiger charge is 2.16. The first-order chi connectivity index (χ1) is 13.2. The summed E-state index contributed by atoms with van der Waals surface area (Å²) in [5.41, 5.74) is 3.43. The number of piperidine rings is 1. The lowest BCUT2D eigenvalue weighted by Crippen LogP contribution is -2.29. The van der Waals surface area contributed by atoms with Gasteiger partial charge in [-0.1, -0.05) is 29.8 Å². The molecule has 6 heteroatoms. The highest BCUT2D eigenvalue weighted by molar-refractivity contribution is 6.31. The molecule has 0 aliphatic carbocycles. The minimum atomic E-state index is -0.296. The van der Waals surface area contributed by atoms with Crippen molar-refractivity contribution >= 4 is 17.3 Å². The summed E-state index contributed by atoms with van der Waals surface area (Å²) in [6, 6.07) is 15.3. The van der Waals surface area contributed by atoms with Gasteiger partial charge in [0.1, 0.15) is 5.82 Å². The maximum Gasteiger partial charge on any atom is 0.129 e. The Bertz CT molecular complexity index is 881. The van der Waals surface area contributed by atoms with Crippen molar-refractivity contribution in [2.24, 2.45) is 0 Å². The Morgan fingerprint density at radius 3 is 2.63 bits per heavy atom. The van der Waals surface area contributed by atoms with E-state index < -0.39 is 0 Å². The van der Waals surface area contributed by atoms with Gasteiger partial charge in [-0.2, -0.15) is 5.10 Å². The second-order valence-corrected chi connectivity index (χ2v) is 7.20. The molecule has 0 saturated carbocycles. The lowest BCUT2D eigenvalue weighted by atomic mass is 10.1. The molecule has 0 amide bonds. The van der Waals surface area contributed by atoms with E-state index in [4.69, 9.17) is 16.7 Å². The van der Waals surface area contributed by atoms with E-state index in [1.54, 1.807) is 12.1 Å². The van der Waals surface area contributed by atoms with Gasteiger partial charge in [0, 0.05) is 34.6 Å². The molecule has 140 valence electrons. The number of aromatic nitrogens is 2. The van der Waals surface area contributed by atoms with Gasteiger partial charge in [-0.25, -0.2) is 4.39 Å². The molecule has 0 radical (unpaired) electrons. The predicted molar refractivity (Wildman–Crippen MR) is 108 cm³/mol. The summed E-state index contributed by atoms with van der Waals surface area (Å²) in [5.74, 6) is -0.296. The van der Waals surface area contributed by atoms with Crippen LogP contribution in [0, 0.1) is 5.82 Å². The number of hydrogen-bond acceptors (Lipinski definition) is 3. The van der Waals surface area contributed by atoms with Crippen molar-refractivity contribution in [3.05, 3.63) is 71.1 Å². The Labute approximate surface area is 163 Å². The first-order valence-electron chi connectivity index (χ1n) is 9.24. The van der Waals surface area contributed by atoms with Crippen LogP contribution in [0.15, 0.2) is 54.7 Å². The van der Waals surface area contributed by atoms with Crippen LogP contribution in [0.5, 0.6) is 0 Å². The van der Waals surface area contributed by atoms with Gasteiger partial charge in [0.2, 0.25) is 0 Å². The quantitative estimate of drug-likeness (QED) is 0.658. The summed E-state index contributed by atoms with van der Waals surface area (Å²) in [5, 5.41) is 11.8. The van der Waals surface area contributed by atoms with Crippen LogP contribution in [0.3, 0.4) is 0 Å². The summed E-state index contributed by atoms with van der Waals surface area (Å²) in [7, 11) is 0. The summed E-state index contributed by atoms with van der Waals surface area (Å²) >= 11 is 6.07. The molecule has 2 N–H and O–H groups in total. The molecule has 1 aliphatic heterocycles. The van der Waals surface area contributed by atoms with Crippen LogP contribution in [-0.4, -0.2) is 22.9 Å². The molecule has 0 unspecified atom stereocenters. The Morgan fingerprint density at radius 1 is 1.11 bits per heavy atom. The average molecular weight is 385 g/mol. The second-order valence-electron chi connectivity index (χ2n) is 6.79. The van der Waals surface area contributed by atoms with Gasteiger partial charge in [-0.05, 0) is 56.3 Å². The number of nitrogens with one attached hydrogen (secondary N) is 2. The standard InChI is InChI=1S/C21H22ClFN4/c22-19-2-1-3-20(23)18(19)14-25-16-6-4-15(5-7-16)21-10-13-27(26-21)17-8-11-24-12-9-17/h1-7,10,13,17,24-25H,8-9,11-12,14H2. The molecule has 4 nitrogen and oxygen atoms in total. The fraction of sp³-hybridized carbons (Fsp3) is 0.286. The lowest BCUT2D eigenvalue weighted by molar-refractivity contribution is 0.343. The number of rotatable bonds is 5. The highest BCUT2D eigenvalue weighted by atomic mass is 35.5. The largest absolute Gasteiger partial charge is 0.381 e. The number of halogens is 2. The maximum atomic E-state index is 13.9. The summed E-state index contributed by atoms with van der Waals surface area (Å²) in [6.45, 7) is 2.44. The van der Waals surface area contributed by atoms with Crippen LogP contribution >= 0.6 is 11.6 Å². The van der Waals surface area contributed by atoms with Gasteiger partial charge in [0.05, 0.1) is 11.7 Å². The van der Waals surface area contributed by atoms with Crippen molar-refractivity contribution in [3.8, 4) is 11.3 Å². The van der Waals surface area contributed by atoms with E-state index in [2.05, 4.69) is 27.6 Å². The number of hydrogen-bond donors (Lipinski definition) is 2. The Morgan fingerprint density at radius 2 is 1.89 bits per heavy atom. The number of anilines is 1.